The number of aromatic hydroxyl groups is 1. The summed E-state index contributed by atoms with van der Waals surface area (Å²) < 4.78 is 59.6. The Balaban J connectivity index is 2.18. The molecule has 160 valence electrons. The molecule has 3 rings (SSSR count). The lowest BCUT2D eigenvalue weighted by molar-refractivity contribution is -0.287. The van der Waals surface area contributed by atoms with E-state index in [0.29, 0.717) is 0 Å². The van der Waals surface area contributed by atoms with Crippen molar-refractivity contribution in [2.75, 3.05) is 7.11 Å². The van der Waals surface area contributed by atoms with Crippen LogP contribution in [0.5, 0.6) is 11.5 Å². The fourth-order valence-electron chi connectivity index (χ4n) is 3.30. The second kappa shape index (κ2) is 7.48. The Morgan fingerprint density at radius 3 is 2.37 bits per heavy atom. The van der Waals surface area contributed by atoms with E-state index in [1.54, 1.807) is 0 Å². The lowest BCUT2D eigenvalue weighted by atomic mass is 9.77. The maximum Gasteiger partial charge on any atom is 0.437 e. The predicted molar refractivity (Wildman–Crippen MR) is 94.3 cm³/mol. The monoisotopic (exact) mass is 428 g/mol. The Labute approximate surface area is 167 Å². The van der Waals surface area contributed by atoms with E-state index in [1.807, 2.05) is 0 Å². The van der Waals surface area contributed by atoms with E-state index in [1.165, 1.54) is 18.5 Å². The van der Waals surface area contributed by atoms with Gasteiger partial charge in [-0.2, -0.15) is 13.2 Å². The number of methoxy groups -OCH3 is 1. The zero-order valence-corrected chi connectivity index (χ0v) is 15.3. The fourth-order valence-corrected chi connectivity index (χ4v) is 3.30. The summed E-state index contributed by atoms with van der Waals surface area (Å²) in [6.45, 7) is 0. The molecule has 0 unspecified atom stereocenters. The van der Waals surface area contributed by atoms with E-state index in [4.69, 9.17) is 4.74 Å². The van der Waals surface area contributed by atoms with Crippen molar-refractivity contribution in [3.63, 3.8) is 0 Å². The van der Waals surface area contributed by atoms with Crippen LogP contribution in [-0.2, 0) is 0 Å². The van der Waals surface area contributed by atoms with Gasteiger partial charge in [0.05, 0.1) is 13.2 Å². The van der Waals surface area contributed by atoms with Crippen molar-refractivity contribution in [2.45, 2.75) is 17.9 Å². The number of benzene rings is 2. The molecule has 1 saturated heterocycles. The molecular weight excluding hydrogens is 412 g/mol. The molecule has 2 aromatic carbocycles. The molecule has 0 bridgehead atoms. The molecule has 11 heteroatoms. The number of rotatable bonds is 4. The number of phenolic OH excluding ortho intramolecular Hbond substituents is 1. The molecule has 0 spiro atoms. The number of halogens is 4. The smallest absolute Gasteiger partial charge is 0.437 e. The van der Waals surface area contributed by atoms with Crippen LogP contribution in [0.25, 0.3) is 0 Å². The van der Waals surface area contributed by atoms with Crippen molar-refractivity contribution in [1.29, 1.82) is 0 Å². The van der Waals surface area contributed by atoms with Crippen LogP contribution in [0, 0.1) is 11.7 Å². The number of Topliss-reactive ketones (excluding diaryl/α,β-unsaturated/α-hetero) is 1. The Bertz CT molecular complexity index is 980. The zero-order valence-electron chi connectivity index (χ0n) is 15.3. The van der Waals surface area contributed by atoms with Crippen molar-refractivity contribution in [3.8, 4) is 11.5 Å². The minimum absolute atomic E-state index is 0.0392. The minimum Gasteiger partial charge on any atom is -0.504 e. The molecule has 4 N–H and O–H groups in total. The molecule has 30 heavy (non-hydrogen) atoms. The quantitative estimate of drug-likeness (QED) is 0.443. The summed E-state index contributed by atoms with van der Waals surface area (Å²) in [6, 6.07) is 4.10. The topological polar surface area (TPSA) is 108 Å². The van der Waals surface area contributed by atoms with Gasteiger partial charge in [-0.1, -0.05) is 6.07 Å². The molecule has 1 fully saturated rings. The zero-order chi connectivity index (χ0) is 22.3. The van der Waals surface area contributed by atoms with Gasteiger partial charge in [0.25, 0.3) is 0 Å². The first-order valence-electron chi connectivity index (χ1n) is 8.52. The average molecular weight is 428 g/mol. The highest BCUT2D eigenvalue weighted by atomic mass is 19.4. The molecule has 2 amide bonds. The third-order valence-corrected chi connectivity index (χ3v) is 4.78. The maximum absolute atomic E-state index is 13.8. The molecule has 3 atom stereocenters. The van der Waals surface area contributed by atoms with Gasteiger partial charge in [-0.15, -0.1) is 0 Å². The maximum atomic E-state index is 13.8. The van der Waals surface area contributed by atoms with Gasteiger partial charge in [0.15, 0.2) is 17.3 Å². The first-order valence-corrected chi connectivity index (χ1v) is 8.52. The number of carbonyl (C=O) groups is 2. The van der Waals surface area contributed by atoms with E-state index in [9.17, 15) is 37.4 Å². The molecule has 1 aliphatic rings. The first kappa shape index (κ1) is 21.4. The van der Waals surface area contributed by atoms with Crippen molar-refractivity contribution < 1.29 is 42.1 Å². The summed E-state index contributed by atoms with van der Waals surface area (Å²) in [5.41, 5.74) is -4.27. The van der Waals surface area contributed by atoms with Gasteiger partial charge in [0.2, 0.25) is 5.72 Å². The van der Waals surface area contributed by atoms with Gasteiger partial charge in [-0.3, -0.25) is 4.79 Å². The van der Waals surface area contributed by atoms with Crippen LogP contribution in [0.4, 0.5) is 22.4 Å². The lowest BCUT2D eigenvalue weighted by Crippen LogP contribution is -2.72. The summed E-state index contributed by atoms with van der Waals surface area (Å²) >= 11 is 0. The fraction of sp³-hybridized carbons (Fsp3) is 0.263. The molecule has 1 heterocycles. The molecule has 0 aliphatic carbocycles. The van der Waals surface area contributed by atoms with Crippen molar-refractivity contribution in [3.05, 3.63) is 59.4 Å². The van der Waals surface area contributed by atoms with E-state index in [0.717, 1.165) is 36.4 Å². The van der Waals surface area contributed by atoms with Gasteiger partial charge < -0.3 is 25.6 Å². The van der Waals surface area contributed by atoms with Gasteiger partial charge in [0, 0.05) is 5.56 Å². The molecule has 0 radical (unpaired) electrons. The van der Waals surface area contributed by atoms with E-state index < -0.39 is 41.5 Å². The number of hydrogen-bond donors (Lipinski definition) is 4. The van der Waals surface area contributed by atoms with E-state index in [-0.39, 0.29) is 22.6 Å². The highest BCUT2D eigenvalue weighted by molar-refractivity contribution is 6.00. The molecular formula is C19H16F4N2O5. The third kappa shape index (κ3) is 3.63. The minimum atomic E-state index is -5.43. The molecule has 0 aromatic heterocycles. The molecule has 2 aromatic rings. The standard InChI is InChI=1S/C19H16F4N2O5/c1-30-13-8-10(4-7-12(13)26)15-14(16(27)9-2-5-11(20)6-3-9)18(29,19(21,22)23)25-17(28)24-15/h2-8,14-15,26,29H,1H3,(H2,24,25,28)/t14-,15+,18+/m1/s1. The van der Waals surface area contributed by atoms with Crippen LogP contribution in [-0.4, -0.2) is 41.0 Å². The Morgan fingerprint density at radius 1 is 1.17 bits per heavy atom. The first-order chi connectivity index (χ1) is 14.0. The lowest BCUT2D eigenvalue weighted by Gasteiger charge is -2.45. The molecule has 1 aliphatic heterocycles. The summed E-state index contributed by atoms with van der Waals surface area (Å²) in [4.78, 5) is 25.0. The summed E-state index contributed by atoms with van der Waals surface area (Å²) in [5, 5.41) is 23.8. The highest BCUT2D eigenvalue weighted by Gasteiger charge is 2.66. The summed E-state index contributed by atoms with van der Waals surface area (Å²) in [5.74, 6) is -4.64. The van der Waals surface area contributed by atoms with Crippen molar-refractivity contribution >= 4 is 11.8 Å². The van der Waals surface area contributed by atoms with E-state index in [2.05, 4.69) is 5.32 Å². The predicted octanol–water partition coefficient (Wildman–Crippen LogP) is 2.64. The number of urea groups is 1. The Morgan fingerprint density at radius 2 is 1.80 bits per heavy atom. The summed E-state index contributed by atoms with van der Waals surface area (Å²) in [6.07, 6.45) is -5.43. The van der Waals surface area contributed by atoms with Gasteiger partial charge in [-0.25, -0.2) is 9.18 Å². The second-order valence-corrected chi connectivity index (χ2v) is 6.62. The van der Waals surface area contributed by atoms with Gasteiger partial charge in [-0.05, 0) is 42.0 Å². The van der Waals surface area contributed by atoms with E-state index >= 15 is 0 Å². The number of ether oxygens (including phenoxy) is 1. The normalized spacial score (nSPS) is 24.0. The van der Waals surface area contributed by atoms with Crippen molar-refractivity contribution in [2.24, 2.45) is 5.92 Å². The Hall–Kier alpha value is -3.34. The SMILES string of the molecule is COc1cc([C@@H]2NC(=O)N[C@@](O)(C(F)(F)F)[C@H]2C(=O)c2ccc(F)cc2)ccc1O. The van der Waals surface area contributed by atoms with Crippen LogP contribution in [0.3, 0.4) is 0 Å². The molecule has 0 saturated carbocycles. The number of phenols is 1. The van der Waals surface area contributed by atoms with Crippen LogP contribution in [0.15, 0.2) is 42.5 Å². The largest absolute Gasteiger partial charge is 0.504 e. The highest BCUT2D eigenvalue weighted by Crippen LogP contribution is 2.45. The second-order valence-electron chi connectivity index (χ2n) is 6.62. The van der Waals surface area contributed by atoms with Crippen LogP contribution in [0.2, 0.25) is 0 Å². The number of carbonyl (C=O) groups excluding carboxylic acids is 2. The average Bonchev–Trinajstić information content (AvgIpc) is 2.67. The number of aliphatic hydroxyl groups is 1. The van der Waals surface area contributed by atoms with Crippen LogP contribution in [0.1, 0.15) is 22.0 Å². The Kier molecular flexibility index (Phi) is 5.33. The molecule has 7 nitrogen and oxygen atoms in total. The van der Waals surface area contributed by atoms with Gasteiger partial charge in [0.1, 0.15) is 11.7 Å². The number of ketones is 1. The van der Waals surface area contributed by atoms with Crippen LogP contribution >= 0.6 is 0 Å². The summed E-state index contributed by atoms with van der Waals surface area (Å²) in [7, 11) is 1.20. The van der Waals surface area contributed by atoms with Crippen molar-refractivity contribution in [1.82, 2.24) is 10.6 Å². The number of hydrogen-bond acceptors (Lipinski definition) is 5. The van der Waals surface area contributed by atoms with Crippen LogP contribution < -0.4 is 15.4 Å². The van der Waals surface area contributed by atoms with Gasteiger partial charge >= 0.3 is 12.2 Å². The number of alkyl halides is 3. The number of amides is 2. The number of nitrogens with one attached hydrogen (secondary N) is 2. The third-order valence-electron chi connectivity index (χ3n) is 4.78.